The van der Waals surface area contributed by atoms with Gasteiger partial charge in [0.2, 0.25) is 0 Å². The molecule has 21 heavy (non-hydrogen) atoms. The zero-order chi connectivity index (χ0) is 15.4. The van der Waals surface area contributed by atoms with E-state index in [0.29, 0.717) is 26.4 Å². The molecular formula is C14H11Cl3N2O2. The Hall–Kier alpha value is -1.62. The van der Waals surface area contributed by atoms with Gasteiger partial charge >= 0.3 is 0 Å². The van der Waals surface area contributed by atoms with Crippen LogP contribution in [0.5, 0.6) is 5.75 Å². The summed E-state index contributed by atoms with van der Waals surface area (Å²) in [4.78, 5) is 0. The molecule has 0 atom stereocenters. The van der Waals surface area contributed by atoms with Crippen LogP contribution in [-0.4, -0.2) is 11.0 Å². The number of nitrogens with zero attached hydrogens (tertiary/aromatic N) is 1. The van der Waals surface area contributed by atoms with Crippen LogP contribution in [0.3, 0.4) is 0 Å². The summed E-state index contributed by atoms with van der Waals surface area (Å²) in [6, 6.07) is 10.2. The molecule has 0 aliphatic rings. The lowest BCUT2D eigenvalue weighted by atomic mass is 10.2. The second-order valence-electron chi connectivity index (χ2n) is 4.14. The fourth-order valence-electron chi connectivity index (χ4n) is 1.71. The quantitative estimate of drug-likeness (QED) is 0.375. The first-order valence-corrected chi connectivity index (χ1v) is 6.99. The highest BCUT2D eigenvalue weighted by Gasteiger charge is 2.13. The molecule has 0 aliphatic carbocycles. The van der Waals surface area contributed by atoms with Crippen molar-refractivity contribution in [1.82, 2.24) is 0 Å². The zero-order valence-corrected chi connectivity index (χ0v) is 13.0. The van der Waals surface area contributed by atoms with Gasteiger partial charge in [-0.05, 0) is 29.8 Å². The number of oxime groups is 1. The summed E-state index contributed by atoms with van der Waals surface area (Å²) in [5, 5.41) is 13.0. The fraction of sp³-hybridized carbons (Fsp3) is 0.0714. The van der Waals surface area contributed by atoms with Crippen molar-refractivity contribution in [3.8, 4) is 5.75 Å². The van der Waals surface area contributed by atoms with Crippen LogP contribution >= 0.6 is 34.8 Å². The lowest BCUT2D eigenvalue weighted by molar-refractivity contribution is 0.303. The van der Waals surface area contributed by atoms with Crippen LogP contribution in [0.15, 0.2) is 41.6 Å². The lowest BCUT2D eigenvalue weighted by Crippen LogP contribution is -2.15. The van der Waals surface area contributed by atoms with Gasteiger partial charge in [0, 0.05) is 0 Å². The van der Waals surface area contributed by atoms with Crippen LogP contribution in [0.2, 0.25) is 15.1 Å². The number of rotatable bonds is 4. The second-order valence-corrected chi connectivity index (χ2v) is 5.36. The van der Waals surface area contributed by atoms with Crippen molar-refractivity contribution in [3.05, 3.63) is 62.6 Å². The zero-order valence-electron chi connectivity index (χ0n) is 10.7. The first-order valence-electron chi connectivity index (χ1n) is 5.86. The van der Waals surface area contributed by atoms with E-state index < -0.39 is 0 Å². The van der Waals surface area contributed by atoms with Gasteiger partial charge < -0.3 is 15.7 Å². The molecule has 2 aromatic rings. The van der Waals surface area contributed by atoms with E-state index in [0.717, 1.165) is 5.56 Å². The minimum atomic E-state index is -0.121. The molecule has 7 heteroatoms. The molecule has 0 heterocycles. The van der Waals surface area contributed by atoms with Crippen molar-refractivity contribution >= 4 is 40.6 Å². The van der Waals surface area contributed by atoms with Gasteiger partial charge in [0.25, 0.3) is 0 Å². The average Bonchev–Trinajstić information content (AvgIpc) is 2.48. The van der Waals surface area contributed by atoms with Crippen LogP contribution in [0.1, 0.15) is 11.1 Å². The molecule has 2 aromatic carbocycles. The molecule has 2 rings (SSSR count). The molecule has 0 radical (unpaired) electrons. The predicted molar refractivity (Wildman–Crippen MR) is 84.8 cm³/mol. The SMILES string of the molecule is N/C(=N/O)c1c(Cl)cccc1OCc1ccc(Cl)c(Cl)c1. The highest BCUT2D eigenvalue weighted by molar-refractivity contribution is 6.42. The van der Waals surface area contributed by atoms with Crippen molar-refractivity contribution in [2.75, 3.05) is 0 Å². The third-order valence-electron chi connectivity index (χ3n) is 2.72. The Kier molecular flexibility index (Phi) is 5.17. The van der Waals surface area contributed by atoms with Gasteiger partial charge in [-0.2, -0.15) is 0 Å². The number of amidine groups is 1. The second kappa shape index (κ2) is 6.89. The Bertz CT molecular complexity index is 690. The van der Waals surface area contributed by atoms with E-state index in [9.17, 15) is 0 Å². The maximum Gasteiger partial charge on any atom is 0.175 e. The minimum Gasteiger partial charge on any atom is -0.488 e. The molecule has 0 aromatic heterocycles. The lowest BCUT2D eigenvalue weighted by Gasteiger charge is -2.12. The maximum atomic E-state index is 8.81. The topological polar surface area (TPSA) is 67.8 Å². The molecule has 110 valence electrons. The number of hydrogen-bond acceptors (Lipinski definition) is 3. The Balaban J connectivity index is 2.24. The summed E-state index contributed by atoms with van der Waals surface area (Å²) in [5.41, 5.74) is 6.77. The summed E-state index contributed by atoms with van der Waals surface area (Å²) in [7, 11) is 0. The molecule has 0 saturated heterocycles. The number of benzene rings is 2. The van der Waals surface area contributed by atoms with Crippen molar-refractivity contribution in [2.24, 2.45) is 10.9 Å². The molecule has 0 bridgehead atoms. The summed E-state index contributed by atoms with van der Waals surface area (Å²) >= 11 is 17.8. The Morgan fingerprint density at radius 2 is 1.86 bits per heavy atom. The molecule has 0 spiro atoms. The first-order chi connectivity index (χ1) is 10.0. The van der Waals surface area contributed by atoms with Crippen LogP contribution < -0.4 is 10.5 Å². The number of ether oxygens (including phenoxy) is 1. The Morgan fingerprint density at radius 1 is 1.10 bits per heavy atom. The number of hydrogen-bond donors (Lipinski definition) is 2. The fourth-order valence-corrected chi connectivity index (χ4v) is 2.30. The third-order valence-corrected chi connectivity index (χ3v) is 3.77. The van der Waals surface area contributed by atoms with E-state index in [1.165, 1.54) is 0 Å². The van der Waals surface area contributed by atoms with Crippen LogP contribution in [0.4, 0.5) is 0 Å². The van der Waals surface area contributed by atoms with Gasteiger partial charge in [0.1, 0.15) is 12.4 Å². The summed E-state index contributed by atoms with van der Waals surface area (Å²) in [5.74, 6) is 0.286. The van der Waals surface area contributed by atoms with E-state index in [-0.39, 0.29) is 12.4 Å². The molecule has 0 fully saturated rings. The Morgan fingerprint density at radius 3 is 2.52 bits per heavy atom. The summed E-state index contributed by atoms with van der Waals surface area (Å²) in [6.07, 6.45) is 0. The largest absolute Gasteiger partial charge is 0.488 e. The van der Waals surface area contributed by atoms with Crippen molar-refractivity contribution in [1.29, 1.82) is 0 Å². The molecule has 4 nitrogen and oxygen atoms in total. The first kappa shape index (κ1) is 15.8. The van der Waals surface area contributed by atoms with Crippen molar-refractivity contribution in [3.63, 3.8) is 0 Å². The summed E-state index contributed by atoms with van der Waals surface area (Å²) < 4.78 is 5.66. The predicted octanol–water partition coefficient (Wildman–Crippen LogP) is 4.32. The minimum absolute atomic E-state index is 0.121. The highest BCUT2D eigenvalue weighted by Crippen LogP contribution is 2.28. The molecule has 0 amide bonds. The monoisotopic (exact) mass is 344 g/mol. The summed E-state index contributed by atoms with van der Waals surface area (Å²) in [6.45, 7) is 0.239. The van der Waals surface area contributed by atoms with E-state index in [4.69, 9.17) is 50.5 Å². The van der Waals surface area contributed by atoms with E-state index in [1.54, 1.807) is 36.4 Å². The highest BCUT2D eigenvalue weighted by atomic mass is 35.5. The number of halogens is 3. The molecule has 0 unspecified atom stereocenters. The molecule has 0 saturated carbocycles. The third kappa shape index (κ3) is 3.73. The van der Waals surface area contributed by atoms with Gasteiger partial charge in [-0.15, -0.1) is 0 Å². The number of nitrogens with two attached hydrogens (primary N) is 1. The normalized spacial score (nSPS) is 11.5. The van der Waals surface area contributed by atoms with Crippen LogP contribution in [-0.2, 0) is 6.61 Å². The van der Waals surface area contributed by atoms with Crippen molar-refractivity contribution in [2.45, 2.75) is 6.61 Å². The van der Waals surface area contributed by atoms with Gasteiger partial charge in [0.15, 0.2) is 5.84 Å². The standard InChI is InChI=1S/C14H11Cl3N2O2/c15-9-5-4-8(6-11(9)17)7-21-12-3-1-2-10(16)13(12)14(18)19-20/h1-6,20H,7H2,(H2,18,19). The maximum absolute atomic E-state index is 8.81. The van der Waals surface area contributed by atoms with Crippen molar-refractivity contribution < 1.29 is 9.94 Å². The smallest absolute Gasteiger partial charge is 0.175 e. The molecule has 0 aliphatic heterocycles. The van der Waals surface area contributed by atoms with Gasteiger partial charge in [-0.3, -0.25) is 0 Å². The molecule has 3 N–H and O–H groups in total. The van der Waals surface area contributed by atoms with Gasteiger partial charge in [0.05, 0.1) is 20.6 Å². The van der Waals surface area contributed by atoms with Gasteiger partial charge in [-0.1, -0.05) is 52.1 Å². The molecular weight excluding hydrogens is 335 g/mol. The van der Waals surface area contributed by atoms with E-state index >= 15 is 0 Å². The van der Waals surface area contributed by atoms with E-state index in [1.807, 2.05) is 0 Å². The van der Waals surface area contributed by atoms with Crippen LogP contribution in [0, 0.1) is 0 Å². The van der Waals surface area contributed by atoms with Gasteiger partial charge in [-0.25, -0.2) is 0 Å². The Labute approximate surface area is 136 Å². The van der Waals surface area contributed by atoms with E-state index in [2.05, 4.69) is 5.16 Å². The average molecular weight is 346 g/mol. The van der Waals surface area contributed by atoms with Crippen LogP contribution in [0.25, 0.3) is 0 Å².